The average molecular weight is 412 g/mol. The van der Waals surface area contributed by atoms with Crippen LogP contribution in [0.3, 0.4) is 0 Å². The van der Waals surface area contributed by atoms with Crippen LogP contribution in [0.4, 0.5) is 5.69 Å². The summed E-state index contributed by atoms with van der Waals surface area (Å²) < 4.78 is 0. The van der Waals surface area contributed by atoms with Crippen LogP contribution in [0.2, 0.25) is 10.0 Å². The maximum absolute atomic E-state index is 12.7. The summed E-state index contributed by atoms with van der Waals surface area (Å²) in [7, 11) is 2.02. The van der Waals surface area contributed by atoms with E-state index in [9.17, 15) is 9.59 Å². The van der Waals surface area contributed by atoms with Gasteiger partial charge in [0.05, 0.1) is 21.8 Å². The Morgan fingerprint density at radius 2 is 1.85 bits per heavy atom. The molecule has 0 radical (unpaired) electrons. The van der Waals surface area contributed by atoms with Crippen molar-refractivity contribution in [2.75, 3.05) is 38.2 Å². The fraction of sp³-hybridized carbons (Fsp3) is 0.312. The molecule has 1 aromatic carbocycles. The highest BCUT2D eigenvalue weighted by atomic mass is 35.5. The van der Waals surface area contributed by atoms with Crippen molar-refractivity contribution in [2.24, 2.45) is 5.84 Å². The third-order valence-corrected chi connectivity index (χ3v) is 4.89. The first-order valence-corrected chi connectivity index (χ1v) is 8.95. The van der Waals surface area contributed by atoms with Crippen molar-refractivity contribution < 1.29 is 9.59 Å². The lowest BCUT2D eigenvalue weighted by molar-refractivity contribution is 0.0658. The number of anilines is 1. The Kier molecular flexibility index (Phi) is 5.98. The summed E-state index contributed by atoms with van der Waals surface area (Å²) in [5.41, 5.74) is 3.02. The van der Waals surface area contributed by atoms with Gasteiger partial charge in [0.1, 0.15) is 11.4 Å². The van der Waals surface area contributed by atoms with Crippen LogP contribution in [-0.4, -0.2) is 65.1 Å². The van der Waals surface area contributed by atoms with E-state index in [-0.39, 0.29) is 27.0 Å². The van der Waals surface area contributed by atoms with Gasteiger partial charge in [-0.3, -0.25) is 20.1 Å². The molecule has 0 unspecified atom stereocenters. The van der Waals surface area contributed by atoms with Gasteiger partial charge in [-0.05, 0) is 19.2 Å². The average Bonchev–Trinajstić information content (AvgIpc) is 3.12. The van der Waals surface area contributed by atoms with Gasteiger partial charge in [-0.25, -0.2) is 15.9 Å². The number of nitrogens with two attached hydrogens (primary N) is 1. The molecule has 2 aromatic rings. The number of hydrazine groups is 2. The van der Waals surface area contributed by atoms with Gasteiger partial charge in [0.2, 0.25) is 0 Å². The quantitative estimate of drug-likeness (QED) is 0.395. The normalized spacial score (nSPS) is 15.6. The molecule has 1 aliphatic rings. The molecule has 11 heteroatoms. The third-order valence-electron chi connectivity index (χ3n) is 4.26. The Balaban J connectivity index is 1.77. The number of halogens is 2. The molecule has 1 aromatic heterocycles. The SMILES string of the molecule is CN1CCN(NC(=O)c2[nH]ncc2N(N)C(=O)c2c(Cl)cccc2Cl)CC1. The number of hydrogen-bond acceptors (Lipinski definition) is 6. The molecule has 0 aliphatic carbocycles. The summed E-state index contributed by atoms with van der Waals surface area (Å²) in [6.45, 7) is 3.05. The van der Waals surface area contributed by atoms with E-state index in [1.807, 2.05) is 7.05 Å². The van der Waals surface area contributed by atoms with E-state index in [2.05, 4.69) is 20.5 Å². The number of aromatic amines is 1. The van der Waals surface area contributed by atoms with Gasteiger partial charge in [0.15, 0.2) is 0 Å². The van der Waals surface area contributed by atoms with Crippen molar-refractivity contribution in [2.45, 2.75) is 0 Å². The summed E-state index contributed by atoms with van der Waals surface area (Å²) in [6, 6.07) is 4.69. The lowest BCUT2D eigenvalue weighted by atomic mass is 10.2. The Morgan fingerprint density at radius 1 is 1.22 bits per heavy atom. The first-order chi connectivity index (χ1) is 12.9. The summed E-state index contributed by atoms with van der Waals surface area (Å²) in [6.07, 6.45) is 1.29. The number of likely N-dealkylation sites (N-methyl/N-ethyl adjacent to an activating group) is 1. The second-order valence-electron chi connectivity index (χ2n) is 6.13. The Labute approximate surface area is 165 Å². The van der Waals surface area contributed by atoms with Gasteiger partial charge in [0, 0.05) is 26.2 Å². The molecule has 0 spiro atoms. The van der Waals surface area contributed by atoms with Crippen LogP contribution in [0.1, 0.15) is 20.8 Å². The second kappa shape index (κ2) is 8.24. The van der Waals surface area contributed by atoms with Gasteiger partial charge in [-0.15, -0.1) is 0 Å². The van der Waals surface area contributed by atoms with E-state index in [0.29, 0.717) is 13.1 Å². The zero-order chi connectivity index (χ0) is 19.6. The van der Waals surface area contributed by atoms with Crippen molar-refractivity contribution >= 4 is 40.7 Å². The van der Waals surface area contributed by atoms with E-state index < -0.39 is 11.8 Å². The molecular formula is C16H19Cl2N7O2. The second-order valence-corrected chi connectivity index (χ2v) is 6.95. The molecule has 2 amide bonds. The number of amides is 2. The first kappa shape index (κ1) is 19.6. The van der Waals surface area contributed by atoms with E-state index in [1.165, 1.54) is 18.3 Å². The summed E-state index contributed by atoms with van der Waals surface area (Å²) in [4.78, 5) is 27.5. The Morgan fingerprint density at radius 3 is 2.48 bits per heavy atom. The molecule has 2 heterocycles. The minimum Gasteiger partial charge on any atom is -0.304 e. The predicted molar refractivity (Wildman–Crippen MR) is 103 cm³/mol. The first-order valence-electron chi connectivity index (χ1n) is 8.19. The zero-order valence-electron chi connectivity index (χ0n) is 14.6. The number of rotatable bonds is 4. The monoisotopic (exact) mass is 411 g/mol. The van der Waals surface area contributed by atoms with Gasteiger partial charge in [-0.1, -0.05) is 29.3 Å². The van der Waals surface area contributed by atoms with E-state index in [4.69, 9.17) is 29.0 Å². The van der Waals surface area contributed by atoms with Crippen LogP contribution >= 0.6 is 23.2 Å². The van der Waals surface area contributed by atoms with Crippen LogP contribution in [0, 0.1) is 0 Å². The topological polar surface area (TPSA) is 111 Å². The maximum Gasteiger partial charge on any atom is 0.285 e. The van der Waals surface area contributed by atoms with Crippen molar-refractivity contribution in [1.29, 1.82) is 0 Å². The molecule has 1 aliphatic heterocycles. The minimum absolute atomic E-state index is 0.0509. The molecule has 4 N–H and O–H groups in total. The van der Waals surface area contributed by atoms with E-state index in [1.54, 1.807) is 11.1 Å². The fourth-order valence-electron chi connectivity index (χ4n) is 2.68. The molecule has 0 atom stereocenters. The van der Waals surface area contributed by atoms with Crippen LogP contribution in [0.5, 0.6) is 0 Å². The highest BCUT2D eigenvalue weighted by Crippen LogP contribution is 2.27. The molecule has 144 valence electrons. The van der Waals surface area contributed by atoms with Crippen LogP contribution in [0.25, 0.3) is 0 Å². The number of aromatic nitrogens is 2. The molecule has 1 saturated heterocycles. The van der Waals surface area contributed by atoms with Crippen molar-refractivity contribution in [3.8, 4) is 0 Å². The van der Waals surface area contributed by atoms with Gasteiger partial charge in [0.25, 0.3) is 11.8 Å². The van der Waals surface area contributed by atoms with E-state index >= 15 is 0 Å². The molecule has 1 fully saturated rings. The zero-order valence-corrected chi connectivity index (χ0v) is 16.1. The highest BCUT2D eigenvalue weighted by molar-refractivity contribution is 6.40. The largest absolute Gasteiger partial charge is 0.304 e. The van der Waals surface area contributed by atoms with Crippen LogP contribution < -0.4 is 16.3 Å². The molecule has 0 saturated carbocycles. The summed E-state index contributed by atoms with van der Waals surface area (Å²) in [5.74, 6) is 4.85. The Hall–Kier alpha value is -2.17. The maximum atomic E-state index is 12.7. The molecule has 3 rings (SSSR count). The number of benzene rings is 1. The summed E-state index contributed by atoms with van der Waals surface area (Å²) >= 11 is 12.1. The standard InChI is InChI=1S/C16H19Cl2N7O2/c1-23-5-7-24(8-6-23)22-15(26)14-12(9-20-21-14)25(19)16(27)13-10(17)3-2-4-11(13)18/h2-4,9H,5-8,19H2,1H3,(H,20,21)(H,22,26). The smallest absolute Gasteiger partial charge is 0.285 e. The van der Waals surface area contributed by atoms with Gasteiger partial charge < -0.3 is 4.90 Å². The van der Waals surface area contributed by atoms with Crippen molar-refractivity contribution in [1.82, 2.24) is 25.5 Å². The number of carbonyl (C=O) groups is 2. The molecular weight excluding hydrogens is 393 g/mol. The van der Waals surface area contributed by atoms with E-state index in [0.717, 1.165) is 18.1 Å². The molecule has 27 heavy (non-hydrogen) atoms. The number of carbonyl (C=O) groups excluding carboxylic acids is 2. The van der Waals surface area contributed by atoms with Gasteiger partial charge in [-0.2, -0.15) is 5.10 Å². The number of nitrogens with zero attached hydrogens (tertiary/aromatic N) is 4. The summed E-state index contributed by atoms with van der Waals surface area (Å²) in [5, 5.41) is 9.35. The highest BCUT2D eigenvalue weighted by Gasteiger charge is 2.27. The predicted octanol–water partition coefficient (Wildman–Crippen LogP) is 1.13. The Bertz CT molecular complexity index is 829. The number of piperazine rings is 1. The molecule has 9 nitrogen and oxygen atoms in total. The lowest BCUT2D eigenvalue weighted by Gasteiger charge is -2.32. The fourth-order valence-corrected chi connectivity index (χ4v) is 3.24. The van der Waals surface area contributed by atoms with Gasteiger partial charge >= 0.3 is 0 Å². The number of hydrogen-bond donors (Lipinski definition) is 3. The molecule has 0 bridgehead atoms. The number of H-pyrrole nitrogens is 1. The van der Waals surface area contributed by atoms with Crippen LogP contribution in [0.15, 0.2) is 24.4 Å². The lowest BCUT2D eigenvalue weighted by Crippen LogP contribution is -2.52. The van der Waals surface area contributed by atoms with Crippen molar-refractivity contribution in [3.63, 3.8) is 0 Å². The minimum atomic E-state index is -0.652. The third kappa shape index (κ3) is 4.23. The van der Waals surface area contributed by atoms with Crippen molar-refractivity contribution in [3.05, 3.63) is 45.7 Å². The van der Waals surface area contributed by atoms with Crippen LogP contribution in [-0.2, 0) is 0 Å². The number of nitrogens with one attached hydrogen (secondary N) is 2.